The number of aliphatic hydroxyl groups excluding tert-OH is 1. The van der Waals surface area contributed by atoms with Crippen molar-refractivity contribution in [3.05, 3.63) is 77.9 Å². The molecular formula is C23H30N2O2. The minimum absolute atomic E-state index is 0.0464. The van der Waals surface area contributed by atoms with Gasteiger partial charge in [-0.1, -0.05) is 42.5 Å². The van der Waals surface area contributed by atoms with Crippen LogP contribution in [0.1, 0.15) is 36.6 Å². The van der Waals surface area contributed by atoms with E-state index in [2.05, 4.69) is 48.4 Å². The number of aliphatic hydroxyl groups is 1. The minimum atomic E-state index is 0.0464. The van der Waals surface area contributed by atoms with Crippen molar-refractivity contribution in [2.24, 2.45) is 0 Å². The molecule has 0 radical (unpaired) electrons. The monoisotopic (exact) mass is 366 g/mol. The van der Waals surface area contributed by atoms with E-state index in [1.165, 1.54) is 5.56 Å². The zero-order chi connectivity index (χ0) is 19.4. The molecule has 1 aliphatic heterocycles. The number of phenolic OH excluding ortho intramolecular Hbond substituents is 1. The molecule has 0 aliphatic carbocycles. The third kappa shape index (κ3) is 4.41. The van der Waals surface area contributed by atoms with Crippen LogP contribution in [0.15, 0.2) is 61.2 Å². The van der Waals surface area contributed by atoms with E-state index < -0.39 is 0 Å². The lowest BCUT2D eigenvalue weighted by Gasteiger charge is -2.47. The molecule has 3 atom stereocenters. The van der Waals surface area contributed by atoms with Crippen molar-refractivity contribution in [3.63, 3.8) is 0 Å². The van der Waals surface area contributed by atoms with Crippen LogP contribution in [-0.4, -0.2) is 51.7 Å². The molecule has 0 bridgehead atoms. The van der Waals surface area contributed by atoms with Crippen LogP contribution in [0.4, 0.5) is 0 Å². The first kappa shape index (κ1) is 19.6. The highest BCUT2D eigenvalue weighted by atomic mass is 16.3. The second kappa shape index (κ2) is 8.70. The molecule has 0 amide bonds. The molecule has 2 N–H and O–H groups in total. The lowest BCUT2D eigenvalue weighted by Crippen LogP contribution is -2.57. The number of rotatable bonds is 6. The predicted octanol–water partition coefficient (Wildman–Crippen LogP) is 3.55. The molecule has 0 aromatic heterocycles. The number of nitrogens with zero attached hydrogens (tertiary/aromatic N) is 2. The molecule has 3 unspecified atom stereocenters. The van der Waals surface area contributed by atoms with Crippen LogP contribution in [0, 0.1) is 0 Å². The third-order valence-electron chi connectivity index (χ3n) is 5.52. The Morgan fingerprint density at radius 2 is 1.81 bits per heavy atom. The second-order valence-corrected chi connectivity index (χ2v) is 7.53. The van der Waals surface area contributed by atoms with Gasteiger partial charge in [0.2, 0.25) is 0 Å². The lowest BCUT2D eigenvalue weighted by atomic mass is 9.93. The number of aromatic hydroxyl groups is 1. The molecule has 1 heterocycles. The summed E-state index contributed by atoms with van der Waals surface area (Å²) in [5.41, 5.74) is 3.17. The Hall–Kier alpha value is -2.14. The number of benzene rings is 2. The van der Waals surface area contributed by atoms with Gasteiger partial charge in [-0.05, 0) is 42.7 Å². The van der Waals surface area contributed by atoms with Gasteiger partial charge in [-0.2, -0.15) is 0 Å². The van der Waals surface area contributed by atoms with E-state index >= 15 is 0 Å². The summed E-state index contributed by atoms with van der Waals surface area (Å²) in [6.07, 6.45) is 1.97. The summed E-state index contributed by atoms with van der Waals surface area (Å²) in [6, 6.07) is 16.6. The summed E-state index contributed by atoms with van der Waals surface area (Å²) in [6.45, 7) is 11.3. The fraction of sp³-hybridized carbons (Fsp3) is 0.391. The van der Waals surface area contributed by atoms with E-state index in [0.717, 1.165) is 30.8 Å². The molecule has 0 spiro atoms. The maximum atomic E-state index is 10.0. The molecule has 2 aromatic rings. The molecule has 1 saturated heterocycles. The molecule has 27 heavy (non-hydrogen) atoms. The minimum Gasteiger partial charge on any atom is -0.508 e. The molecule has 3 rings (SSSR count). The fourth-order valence-corrected chi connectivity index (χ4v) is 4.08. The third-order valence-corrected chi connectivity index (χ3v) is 5.52. The van der Waals surface area contributed by atoms with E-state index in [9.17, 15) is 10.2 Å². The molecule has 144 valence electrons. The average Bonchev–Trinajstić information content (AvgIpc) is 2.66. The topological polar surface area (TPSA) is 46.9 Å². The van der Waals surface area contributed by atoms with Gasteiger partial charge in [-0.25, -0.2) is 0 Å². The van der Waals surface area contributed by atoms with Crippen LogP contribution in [-0.2, 0) is 6.61 Å². The van der Waals surface area contributed by atoms with Crippen molar-refractivity contribution in [3.8, 4) is 5.75 Å². The van der Waals surface area contributed by atoms with Gasteiger partial charge in [-0.15, -0.1) is 6.58 Å². The maximum absolute atomic E-state index is 10.0. The van der Waals surface area contributed by atoms with E-state index in [4.69, 9.17) is 0 Å². The van der Waals surface area contributed by atoms with E-state index in [1.54, 1.807) is 6.07 Å². The molecule has 4 nitrogen and oxygen atoms in total. The molecule has 1 fully saturated rings. The first-order chi connectivity index (χ1) is 13.0. The van der Waals surface area contributed by atoms with Crippen molar-refractivity contribution in [2.45, 2.75) is 38.6 Å². The van der Waals surface area contributed by atoms with Gasteiger partial charge in [0.05, 0.1) is 12.6 Å². The summed E-state index contributed by atoms with van der Waals surface area (Å²) < 4.78 is 0. The quantitative estimate of drug-likeness (QED) is 0.768. The second-order valence-electron chi connectivity index (χ2n) is 7.53. The number of hydrogen-bond acceptors (Lipinski definition) is 4. The van der Waals surface area contributed by atoms with Crippen LogP contribution in [0.25, 0.3) is 0 Å². The van der Waals surface area contributed by atoms with Gasteiger partial charge >= 0.3 is 0 Å². The van der Waals surface area contributed by atoms with E-state index in [1.807, 2.05) is 30.3 Å². The van der Waals surface area contributed by atoms with Gasteiger partial charge in [-0.3, -0.25) is 9.80 Å². The van der Waals surface area contributed by atoms with Crippen LogP contribution in [0.2, 0.25) is 0 Å². The van der Waals surface area contributed by atoms with Crippen molar-refractivity contribution in [1.82, 2.24) is 9.80 Å². The van der Waals surface area contributed by atoms with Gasteiger partial charge in [0.15, 0.2) is 0 Å². The molecular weight excluding hydrogens is 336 g/mol. The Morgan fingerprint density at radius 1 is 1.07 bits per heavy atom. The van der Waals surface area contributed by atoms with Crippen molar-refractivity contribution in [1.29, 1.82) is 0 Å². The molecule has 4 heteroatoms. The van der Waals surface area contributed by atoms with Gasteiger partial charge in [0, 0.05) is 31.7 Å². The summed E-state index contributed by atoms with van der Waals surface area (Å²) in [5.74, 6) is 0.287. The SMILES string of the molecule is C=CCN1CC(C)N(C(c2ccc(CO)cc2)c2cccc(O)c2)CC1C. The van der Waals surface area contributed by atoms with Gasteiger partial charge < -0.3 is 10.2 Å². The Balaban J connectivity index is 1.97. The zero-order valence-electron chi connectivity index (χ0n) is 16.3. The van der Waals surface area contributed by atoms with E-state index in [0.29, 0.717) is 12.1 Å². The van der Waals surface area contributed by atoms with Crippen molar-refractivity contribution >= 4 is 0 Å². The lowest BCUT2D eigenvalue weighted by molar-refractivity contribution is 0.0306. The highest BCUT2D eigenvalue weighted by molar-refractivity contribution is 5.37. The fourth-order valence-electron chi connectivity index (χ4n) is 4.08. The van der Waals surface area contributed by atoms with Gasteiger partial charge in [0.1, 0.15) is 5.75 Å². The summed E-state index contributed by atoms with van der Waals surface area (Å²) >= 11 is 0. The standard InChI is InChI=1S/C23H30N2O2/c1-4-12-24-14-18(3)25(15-17(24)2)23(21-6-5-7-22(27)13-21)20-10-8-19(16-26)9-11-20/h4-11,13,17-18,23,26-27H,1,12,14-16H2,2-3H3. The smallest absolute Gasteiger partial charge is 0.115 e. The molecule has 2 aromatic carbocycles. The maximum Gasteiger partial charge on any atom is 0.115 e. The Bertz CT molecular complexity index is 759. The summed E-state index contributed by atoms with van der Waals surface area (Å²) in [5, 5.41) is 19.4. The number of hydrogen-bond donors (Lipinski definition) is 2. The predicted molar refractivity (Wildman–Crippen MR) is 110 cm³/mol. The highest BCUT2D eigenvalue weighted by Crippen LogP contribution is 2.34. The average molecular weight is 367 g/mol. The largest absolute Gasteiger partial charge is 0.508 e. The van der Waals surface area contributed by atoms with Gasteiger partial charge in [0.25, 0.3) is 0 Å². The number of piperazine rings is 1. The van der Waals surface area contributed by atoms with Crippen LogP contribution >= 0.6 is 0 Å². The Labute approximate surface area is 162 Å². The first-order valence-corrected chi connectivity index (χ1v) is 9.62. The normalized spacial score (nSPS) is 22.5. The number of phenols is 1. The first-order valence-electron chi connectivity index (χ1n) is 9.62. The molecule has 0 saturated carbocycles. The highest BCUT2D eigenvalue weighted by Gasteiger charge is 2.34. The zero-order valence-corrected chi connectivity index (χ0v) is 16.3. The summed E-state index contributed by atoms with van der Waals surface area (Å²) in [4.78, 5) is 4.98. The van der Waals surface area contributed by atoms with Crippen molar-refractivity contribution < 1.29 is 10.2 Å². The van der Waals surface area contributed by atoms with E-state index in [-0.39, 0.29) is 18.4 Å². The van der Waals surface area contributed by atoms with Crippen molar-refractivity contribution in [2.75, 3.05) is 19.6 Å². The van der Waals surface area contributed by atoms with Crippen LogP contribution < -0.4 is 0 Å². The van der Waals surface area contributed by atoms with Crippen LogP contribution in [0.5, 0.6) is 5.75 Å². The summed E-state index contributed by atoms with van der Waals surface area (Å²) in [7, 11) is 0. The Morgan fingerprint density at radius 3 is 2.44 bits per heavy atom. The van der Waals surface area contributed by atoms with Crippen LogP contribution in [0.3, 0.4) is 0 Å². The Kier molecular flexibility index (Phi) is 6.32. The molecule has 1 aliphatic rings.